The van der Waals surface area contributed by atoms with Crippen LogP contribution in [0.15, 0.2) is 41.2 Å². The molecule has 3 aromatic rings. The maximum atomic E-state index is 13.5. The highest BCUT2D eigenvalue weighted by Crippen LogP contribution is 2.33. The molecule has 9 heteroatoms. The molecule has 0 aliphatic carbocycles. The van der Waals surface area contributed by atoms with E-state index in [-0.39, 0.29) is 17.6 Å². The number of carbonyl (C=O) groups excluding carboxylic acids is 1. The highest BCUT2D eigenvalue weighted by atomic mass is 35.5. The Bertz CT molecular complexity index is 1480. The van der Waals surface area contributed by atoms with E-state index in [1.54, 1.807) is 29.8 Å². The Labute approximate surface area is 241 Å². The molecular weight excluding hydrogens is 526 g/mol. The minimum atomic E-state index is -0.580. The van der Waals surface area contributed by atoms with Crippen LogP contribution < -0.4 is 15.4 Å². The average molecular weight is 564 g/mol. The van der Waals surface area contributed by atoms with Gasteiger partial charge >= 0.3 is 5.97 Å². The van der Waals surface area contributed by atoms with Gasteiger partial charge in [-0.2, -0.15) is 0 Å². The zero-order valence-electron chi connectivity index (χ0n) is 24.2. The molecule has 0 amide bonds. The Morgan fingerprint density at radius 1 is 1.18 bits per heavy atom. The molecule has 1 unspecified atom stereocenters. The van der Waals surface area contributed by atoms with Gasteiger partial charge in [-0.25, -0.2) is 9.78 Å². The van der Waals surface area contributed by atoms with E-state index in [2.05, 4.69) is 22.6 Å². The van der Waals surface area contributed by atoms with Crippen LogP contribution in [0, 0.1) is 12.3 Å². The number of nitrogens with zero attached hydrogens (tertiary/aromatic N) is 5. The summed E-state index contributed by atoms with van der Waals surface area (Å²) in [5.74, 6) is 2.99. The monoisotopic (exact) mass is 563 g/mol. The van der Waals surface area contributed by atoms with Gasteiger partial charge in [0, 0.05) is 43.9 Å². The van der Waals surface area contributed by atoms with Crippen LogP contribution in [-0.4, -0.2) is 65.3 Å². The van der Waals surface area contributed by atoms with E-state index in [0.29, 0.717) is 34.0 Å². The lowest BCUT2D eigenvalue weighted by atomic mass is 10.0. The van der Waals surface area contributed by atoms with Crippen LogP contribution in [0.4, 0.5) is 11.6 Å². The number of aromatic nitrogens is 2. The number of rotatable bonds is 7. The van der Waals surface area contributed by atoms with Crippen LogP contribution in [0.3, 0.4) is 0 Å². The Balaban J connectivity index is 1.66. The summed E-state index contributed by atoms with van der Waals surface area (Å²) in [4.78, 5) is 37.4. The van der Waals surface area contributed by atoms with Crippen LogP contribution in [0.2, 0.25) is 5.02 Å². The van der Waals surface area contributed by atoms with Crippen LogP contribution in [0.1, 0.15) is 56.6 Å². The fraction of sp³-hybridized carbons (Fsp3) is 0.452. The minimum absolute atomic E-state index is 0.117. The summed E-state index contributed by atoms with van der Waals surface area (Å²) in [7, 11) is 1.77. The first kappa shape index (κ1) is 29.4. The number of anilines is 2. The highest BCUT2D eigenvalue weighted by Gasteiger charge is 2.24. The van der Waals surface area contributed by atoms with E-state index < -0.39 is 5.60 Å². The van der Waals surface area contributed by atoms with Crippen molar-refractivity contribution in [1.82, 2.24) is 14.5 Å². The molecule has 1 aromatic heterocycles. The maximum absolute atomic E-state index is 13.5. The summed E-state index contributed by atoms with van der Waals surface area (Å²) in [6.07, 6.45) is 5.74. The van der Waals surface area contributed by atoms with Crippen LogP contribution in [0.5, 0.6) is 0 Å². The number of likely N-dealkylation sites (N-methyl/N-ethyl adjacent to an activating group) is 1. The lowest BCUT2D eigenvalue weighted by molar-refractivity contribution is 0.00695. The third kappa shape index (κ3) is 6.27. The molecule has 1 fully saturated rings. The molecule has 1 saturated heterocycles. The predicted molar refractivity (Wildman–Crippen MR) is 163 cm³/mol. The van der Waals surface area contributed by atoms with Gasteiger partial charge in [0.1, 0.15) is 5.60 Å². The van der Waals surface area contributed by atoms with Gasteiger partial charge in [0.25, 0.3) is 5.56 Å². The molecule has 1 aliphatic heterocycles. The summed E-state index contributed by atoms with van der Waals surface area (Å²) in [6.45, 7) is 14.5. The molecule has 212 valence electrons. The summed E-state index contributed by atoms with van der Waals surface area (Å²) in [5, 5.41) is 1.01. The van der Waals surface area contributed by atoms with Gasteiger partial charge < -0.3 is 19.4 Å². The van der Waals surface area contributed by atoms with E-state index >= 15 is 0 Å². The van der Waals surface area contributed by atoms with E-state index in [9.17, 15) is 9.59 Å². The molecule has 4 rings (SSSR count). The number of fused-ring (bicyclic) bond motifs is 1. The molecular formula is C31H38ClN5O3. The number of benzene rings is 2. The fourth-order valence-corrected chi connectivity index (χ4v) is 5.32. The Morgan fingerprint density at radius 2 is 1.82 bits per heavy atom. The average Bonchev–Trinajstić information content (AvgIpc) is 2.92. The predicted octanol–water partition coefficient (Wildman–Crippen LogP) is 4.88. The molecule has 0 spiro atoms. The van der Waals surface area contributed by atoms with E-state index in [4.69, 9.17) is 27.7 Å². The van der Waals surface area contributed by atoms with Gasteiger partial charge in [0.05, 0.1) is 29.1 Å². The molecule has 2 aromatic carbocycles. The molecule has 1 atom stereocenters. The molecule has 0 bridgehead atoms. The van der Waals surface area contributed by atoms with Crippen molar-refractivity contribution in [2.45, 2.75) is 46.3 Å². The van der Waals surface area contributed by atoms with Crippen molar-refractivity contribution in [2.75, 3.05) is 49.1 Å². The molecule has 8 nitrogen and oxygen atoms in total. The van der Waals surface area contributed by atoms with Gasteiger partial charge in [0.2, 0.25) is 5.95 Å². The quantitative estimate of drug-likeness (QED) is 0.299. The zero-order chi connectivity index (χ0) is 29.2. The minimum Gasteiger partial charge on any atom is -0.456 e. The highest BCUT2D eigenvalue weighted by molar-refractivity contribution is 6.32. The number of esters is 1. The van der Waals surface area contributed by atoms with Gasteiger partial charge in [-0.3, -0.25) is 9.36 Å². The summed E-state index contributed by atoms with van der Waals surface area (Å²) in [6, 6.07) is 10.5. The van der Waals surface area contributed by atoms with E-state index in [0.717, 1.165) is 44.0 Å². The van der Waals surface area contributed by atoms with Gasteiger partial charge in [-0.05, 0) is 76.2 Å². The second kappa shape index (κ2) is 11.9. The Kier molecular flexibility index (Phi) is 8.77. The lowest BCUT2D eigenvalue weighted by Crippen LogP contribution is -2.48. The number of carbonyl (C=O) groups is 1. The standard InChI is InChI=1S/C31H38ClN5O3/c1-8-14-37(23-12-10-22(11-13-23)29(39)40-31(4,5)6)21(3)24-19-25-27(20-26(24)32)33-30(34(7)28(25)38)36-17-15-35(9-2)16-18-36/h1,10-13,19-21H,9,14-18H2,2-7H3. The smallest absolute Gasteiger partial charge is 0.338 e. The van der Waals surface area contributed by atoms with Gasteiger partial charge in [0.15, 0.2) is 0 Å². The molecule has 0 N–H and O–H groups in total. The summed E-state index contributed by atoms with van der Waals surface area (Å²) >= 11 is 6.82. The number of hydrogen-bond donors (Lipinski definition) is 0. The number of terminal acetylenes is 1. The first-order valence-electron chi connectivity index (χ1n) is 13.6. The Hall–Kier alpha value is -3.54. The maximum Gasteiger partial charge on any atom is 0.338 e. The molecule has 40 heavy (non-hydrogen) atoms. The topological polar surface area (TPSA) is 70.9 Å². The normalized spacial score (nSPS) is 15.1. The summed E-state index contributed by atoms with van der Waals surface area (Å²) in [5.41, 5.74) is 1.92. The van der Waals surface area contributed by atoms with Gasteiger partial charge in [-0.15, -0.1) is 6.42 Å². The fourth-order valence-electron chi connectivity index (χ4n) is 5.01. The van der Waals surface area contributed by atoms with Crippen molar-refractivity contribution >= 4 is 40.1 Å². The van der Waals surface area contributed by atoms with Crippen molar-refractivity contribution < 1.29 is 9.53 Å². The molecule has 1 aliphatic rings. The number of ether oxygens (including phenoxy) is 1. The third-order valence-electron chi connectivity index (χ3n) is 7.29. The number of piperazine rings is 1. The van der Waals surface area contributed by atoms with E-state index in [1.807, 2.05) is 50.8 Å². The summed E-state index contributed by atoms with van der Waals surface area (Å²) < 4.78 is 7.10. The largest absolute Gasteiger partial charge is 0.456 e. The molecule has 0 saturated carbocycles. The van der Waals surface area contributed by atoms with Crippen LogP contribution in [0.25, 0.3) is 10.9 Å². The SMILES string of the molecule is C#CCN(c1ccc(C(=O)OC(C)(C)C)cc1)C(C)c1cc2c(=O)n(C)c(N3CCN(CC)CC3)nc2cc1Cl. The lowest BCUT2D eigenvalue weighted by Gasteiger charge is -2.35. The molecule has 2 heterocycles. The first-order valence-corrected chi connectivity index (χ1v) is 14.0. The van der Waals surface area contributed by atoms with Crippen molar-refractivity contribution in [3.63, 3.8) is 0 Å². The van der Waals surface area contributed by atoms with Gasteiger partial charge in [-0.1, -0.05) is 24.4 Å². The number of hydrogen-bond acceptors (Lipinski definition) is 7. The zero-order valence-corrected chi connectivity index (χ0v) is 25.0. The van der Waals surface area contributed by atoms with Crippen molar-refractivity contribution in [2.24, 2.45) is 7.05 Å². The van der Waals surface area contributed by atoms with Crippen LogP contribution >= 0.6 is 11.6 Å². The Morgan fingerprint density at radius 3 is 2.40 bits per heavy atom. The van der Waals surface area contributed by atoms with Crippen LogP contribution in [-0.2, 0) is 11.8 Å². The van der Waals surface area contributed by atoms with Crippen molar-refractivity contribution in [1.29, 1.82) is 0 Å². The molecule has 0 radical (unpaired) electrons. The first-order chi connectivity index (χ1) is 18.9. The second-order valence-electron chi connectivity index (χ2n) is 11.1. The van der Waals surface area contributed by atoms with Crippen molar-refractivity contribution in [3.05, 3.63) is 62.9 Å². The second-order valence-corrected chi connectivity index (χ2v) is 11.6. The van der Waals surface area contributed by atoms with Crippen molar-refractivity contribution in [3.8, 4) is 12.3 Å². The third-order valence-corrected chi connectivity index (χ3v) is 7.61. The number of halogens is 1. The van der Waals surface area contributed by atoms with E-state index in [1.165, 1.54) is 0 Å².